The van der Waals surface area contributed by atoms with E-state index < -0.39 is 5.91 Å². The minimum absolute atomic E-state index is 0.104. The van der Waals surface area contributed by atoms with E-state index in [1.807, 2.05) is 6.07 Å². The molecular formula is C16H14N2O4. The van der Waals surface area contributed by atoms with Crippen LogP contribution in [0.1, 0.15) is 22.8 Å². The third-order valence-corrected chi connectivity index (χ3v) is 3.38. The zero-order valence-electron chi connectivity index (χ0n) is 11.9. The topological polar surface area (TPSA) is 78.9 Å². The van der Waals surface area contributed by atoms with Gasteiger partial charge in [-0.25, -0.2) is 0 Å². The van der Waals surface area contributed by atoms with E-state index in [1.165, 1.54) is 6.92 Å². The van der Waals surface area contributed by atoms with Gasteiger partial charge in [-0.3, -0.25) is 14.8 Å². The molecule has 2 amide bonds. The number of nitrogens with zero attached hydrogens (tertiary/aromatic N) is 1. The first-order valence-corrected chi connectivity index (χ1v) is 6.73. The van der Waals surface area contributed by atoms with Crippen molar-refractivity contribution in [2.45, 2.75) is 13.5 Å². The van der Waals surface area contributed by atoms with Crippen LogP contribution in [0.5, 0.6) is 11.5 Å². The monoisotopic (exact) mass is 298 g/mol. The Bertz CT molecular complexity index is 740. The van der Waals surface area contributed by atoms with Gasteiger partial charge in [-0.15, -0.1) is 0 Å². The van der Waals surface area contributed by atoms with Crippen LogP contribution < -0.4 is 15.1 Å². The molecule has 0 bridgehead atoms. The first-order chi connectivity index (χ1) is 10.5. The fraction of sp³-hybridized carbons (Fsp3) is 0.125. The molecule has 0 fully saturated rings. The van der Waals surface area contributed by atoms with Gasteiger partial charge in [0.25, 0.3) is 5.91 Å². The standard InChI is InChI=1S/C16H14N2O4/c1-10(19)18(21)12-3-6-13(7-4-12)22-14-5-2-11-9-17-16(20)15(11)8-14/h2-8,21H,9H2,1H3,(H,17,20). The van der Waals surface area contributed by atoms with Crippen molar-refractivity contribution in [3.05, 3.63) is 53.6 Å². The molecule has 0 atom stereocenters. The zero-order chi connectivity index (χ0) is 15.7. The molecule has 6 heteroatoms. The second kappa shape index (κ2) is 5.50. The molecule has 6 nitrogen and oxygen atoms in total. The molecule has 3 rings (SSSR count). The molecule has 2 N–H and O–H groups in total. The largest absolute Gasteiger partial charge is 0.457 e. The molecular weight excluding hydrogens is 284 g/mol. The maximum atomic E-state index is 11.6. The molecule has 0 aromatic heterocycles. The van der Waals surface area contributed by atoms with E-state index in [4.69, 9.17) is 4.74 Å². The summed E-state index contributed by atoms with van der Waals surface area (Å²) >= 11 is 0. The highest BCUT2D eigenvalue weighted by Crippen LogP contribution is 2.27. The second-order valence-corrected chi connectivity index (χ2v) is 4.93. The van der Waals surface area contributed by atoms with Gasteiger partial charge in [-0.1, -0.05) is 6.07 Å². The Morgan fingerprint density at radius 3 is 2.55 bits per heavy atom. The van der Waals surface area contributed by atoms with E-state index in [0.717, 1.165) is 5.56 Å². The third kappa shape index (κ3) is 2.64. The summed E-state index contributed by atoms with van der Waals surface area (Å²) in [7, 11) is 0. The third-order valence-electron chi connectivity index (χ3n) is 3.38. The van der Waals surface area contributed by atoms with Crippen molar-refractivity contribution >= 4 is 17.5 Å². The van der Waals surface area contributed by atoms with Crippen LogP contribution in [0.2, 0.25) is 0 Å². The summed E-state index contributed by atoms with van der Waals surface area (Å²) in [5, 5.41) is 12.8. The molecule has 0 aliphatic carbocycles. The molecule has 0 radical (unpaired) electrons. The highest BCUT2D eigenvalue weighted by atomic mass is 16.5. The first-order valence-electron chi connectivity index (χ1n) is 6.73. The van der Waals surface area contributed by atoms with E-state index >= 15 is 0 Å². The average Bonchev–Trinajstić information content (AvgIpc) is 2.88. The SMILES string of the molecule is CC(=O)N(O)c1ccc(Oc2ccc3c(c2)C(=O)NC3)cc1. The average molecular weight is 298 g/mol. The first kappa shape index (κ1) is 14.1. The number of hydrogen-bond acceptors (Lipinski definition) is 4. The van der Waals surface area contributed by atoms with Crippen molar-refractivity contribution in [2.75, 3.05) is 5.06 Å². The lowest BCUT2D eigenvalue weighted by Gasteiger charge is -2.13. The van der Waals surface area contributed by atoms with Crippen molar-refractivity contribution in [3.8, 4) is 11.5 Å². The lowest BCUT2D eigenvalue weighted by atomic mass is 10.1. The van der Waals surface area contributed by atoms with Gasteiger partial charge in [-0.05, 0) is 42.0 Å². The predicted molar refractivity (Wildman–Crippen MR) is 79.1 cm³/mol. The van der Waals surface area contributed by atoms with Crippen LogP contribution in [0.4, 0.5) is 5.69 Å². The van der Waals surface area contributed by atoms with Gasteiger partial charge in [0.1, 0.15) is 11.5 Å². The maximum Gasteiger partial charge on any atom is 0.252 e. The number of fused-ring (bicyclic) bond motifs is 1. The lowest BCUT2D eigenvalue weighted by molar-refractivity contribution is -0.121. The number of hydroxylamine groups is 1. The predicted octanol–water partition coefficient (Wildman–Crippen LogP) is 2.46. The molecule has 2 aromatic rings. The number of benzene rings is 2. The van der Waals surface area contributed by atoms with E-state index in [0.29, 0.717) is 34.4 Å². The number of nitrogens with one attached hydrogen (secondary N) is 1. The molecule has 0 saturated carbocycles. The Kier molecular flexibility index (Phi) is 3.52. The fourth-order valence-corrected chi connectivity index (χ4v) is 2.23. The Labute approximate surface area is 126 Å². The van der Waals surface area contributed by atoms with Crippen molar-refractivity contribution in [1.82, 2.24) is 5.32 Å². The second-order valence-electron chi connectivity index (χ2n) is 4.93. The summed E-state index contributed by atoms with van der Waals surface area (Å²) in [5.41, 5.74) is 1.92. The summed E-state index contributed by atoms with van der Waals surface area (Å²) < 4.78 is 5.68. The lowest BCUT2D eigenvalue weighted by Crippen LogP contribution is -2.23. The fourth-order valence-electron chi connectivity index (χ4n) is 2.23. The van der Waals surface area contributed by atoms with Crippen LogP contribution in [0, 0.1) is 0 Å². The molecule has 22 heavy (non-hydrogen) atoms. The molecule has 0 saturated heterocycles. The van der Waals surface area contributed by atoms with Gasteiger partial charge in [-0.2, -0.15) is 5.06 Å². The highest BCUT2D eigenvalue weighted by molar-refractivity contribution is 5.98. The van der Waals surface area contributed by atoms with Gasteiger partial charge >= 0.3 is 0 Å². The molecule has 112 valence electrons. The summed E-state index contributed by atoms with van der Waals surface area (Å²) in [6.45, 7) is 1.81. The van der Waals surface area contributed by atoms with Gasteiger partial charge < -0.3 is 10.1 Å². The maximum absolute atomic E-state index is 11.6. The minimum atomic E-state index is -0.474. The minimum Gasteiger partial charge on any atom is -0.457 e. The van der Waals surface area contributed by atoms with Crippen LogP contribution in [0.25, 0.3) is 0 Å². The number of carbonyl (C=O) groups is 2. The summed E-state index contributed by atoms with van der Waals surface area (Å²) in [4.78, 5) is 22.7. The summed E-state index contributed by atoms with van der Waals surface area (Å²) in [6.07, 6.45) is 0. The van der Waals surface area contributed by atoms with Crippen LogP contribution in [-0.2, 0) is 11.3 Å². The molecule has 0 spiro atoms. The van der Waals surface area contributed by atoms with Gasteiger partial charge in [0.2, 0.25) is 5.91 Å². The highest BCUT2D eigenvalue weighted by Gasteiger charge is 2.19. The number of hydrogen-bond donors (Lipinski definition) is 2. The molecule has 1 heterocycles. The molecule has 1 aliphatic rings. The van der Waals surface area contributed by atoms with E-state index in [-0.39, 0.29) is 5.91 Å². The van der Waals surface area contributed by atoms with Crippen molar-refractivity contribution in [3.63, 3.8) is 0 Å². The Morgan fingerprint density at radius 1 is 1.18 bits per heavy atom. The molecule has 2 aromatic carbocycles. The Morgan fingerprint density at radius 2 is 1.86 bits per heavy atom. The summed E-state index contributed by atoms with van der Waals surface area (Å²) in [5.74, 6) is 0.515. The summed E-state index contributed by atoms with van der Waals surface area (Å²) in [6, 6.07) is 11.7. The van der Waals surface area contributed by atoms with E-state index in [2.05, 4.69) is 5.32 Å². The molecule has 0 unspecified atom stereocenters. The smallest absolute Gasteiger partial charge is 0.252 e. The van der Waals surface area contributed by atoms with Crippen LogP contribution >= 0.6 is 0 Å². The van der Waals surface area contributed by atoms with Crippen LogP contribution in [0.3, 0.4) is 0 Å². The van der Waals surface area contributed by atoms with E-state index in [1.54, 1.807) is 36.4 Å². The number of ether oxygens (including phenoxy) is 1. The van der Waals surface area contributed by atoms with Gasteiger partial charge in [0.05, 0.1) is 5.69 Å². The Hall–Kier alpha value is -2.86. The number of carbonyl (C=O) groups excluding carboxylic acids is 2. The van der Waals surface area contributed by atoms with Crippen LogP contribution in [-0.4, -0.2) is 17.0 Å². The van der Waals surface area contributed by atoms with Gasteiger partial charge in [0, 0.05) is 19.0 Å². The Balaban J connectivity index is 1.78. The van der Waals surface area contributed by atoms with Crippen LogP contribution in [0.15, 0.2) is 42.5 Å². The van der Waals surface area contributed by atoms with Crippen molar-refractivity contribution in [1.29, 1.82) is 0 Å². The van der Waals surface area contributed by atoms with Crippen molar-refractivity contribution in [2.24, 2.45) is 0 Å². The quantitative estimate of drug-likeness (QED) is 0.674. The van der Waals surface area contributed by atoms with Gasteiger partial charge in [0.15, 0.2) is 0 Å². The number of rotatable bonds is 3. The molecule has 1 aliphatic heterocycles. The van der Waals surface area contributed by atoms with Crippen molar-refractivity contribution < 1.29 is 19.5 Å². The zero-order valence-corrected chi connectivity index (χ0v) is 11.9. The number of amides is 2. The normalized spacial score (nSPS) is 12.5. The van der Waals surface area contributed by atoms with E-state index in [9.17, 15) is 14.8 Å². The number of anilines is 1.